The fourth-order valence-corrected chi connectivity index (χ4v) is 3.30. The molecule has 3 aromatic rings. The zero-order valence-electron chi connectivity index (χ0n) is 12.0. The second-order valence-electron chi connectivity index (χ2n) is 5.00. The van der Waals surface area contributed by atoms with E-state index in [1.165, 1.54) is 18.2 Å². The number of hydrogen-bond acceptors (Lipinski definition) is 4. The lowest BCUT2D eigenvalue weighted by Crippen LogP contribution is -2.13. The molecule has 23 heavy (non-hydrogen) atoms. The topological polar surface area (TPSA) is 91.9 Å². The highest BCUT2D eigenvalue weighted by atomic mass is 35.5. The van der Waals surface area contributed by atoms with Gasteiger partial charge in [-0.15, -0.1) is 0 Å². The molecule has 1 heterocycles. The van der Waals surface area contributed by atoms with Crippen molar-refractivity contribution >= 4 is 38.3 Å². The average Bonchev–Trinajstić information content (AvgIpc) is 2.50. The minimum atomic E-state index is -3.79. The number of H-pyrrole nitrogens is 1. The number of aromatic amines is 1. The van der Waals surface area contributed by atoms with Gasteiger partial charge in [0.2, 0.25) is 0 Å². The van der Waals surface area contributed by atoms with E-state index in [-0.39, 0.29) is 10.5 Å². The van der Waals surface area contributed by atoms with Gasteiger partial charge in [-0.2, -0.15) is 0 Å². The number of hydrogen-bond donors (Lipinski definition) is 2. The summed E-state index contributed by atoms with van der Waals surface area (Å²) in [6.45, 7) is 1.83. The van der Waals surface area contributed by atoms with E-state index in [4.69, 9.17) is 11.6 Å². The molecule has 3 rings (SSSR count). The molecule has 0 bridgehead atoms. The van der Waals surface area contributed by atoms with E-state index in [0.29, 0.717) is 21.7 Å². The van der Waals surface area contributed by atoms with Crippen LogP contribution in [0.3, 0.4) is 0 Å². The van der Waals surface area contributed by atoms with E-state index in [1.54, 1.807) is 18.2 Å². The van der Waals surface area contributed by atoms with Crippen LogP contribution in [0.15, 0.2) is 52.3 Å². The second kappa shape index (κ2) is 5.68. The summed E-state index contributed by atoms with van der Waals surface area (Å²) in [6, 6.07) is 9.20. The number of halogens is 1. The maximum atomic E-state index is 12.5. The molecular formula is C15H12ClN3O3S. The van der Waals surface area contributed by atoms with Gasteiger partial charge >= 0.3 is 0 Å². The Bertz CT molecular complexity index is 1060. The van der Waals surface area contributed by atoms with Crippen molar-refractivity contribution in [2.45, 2.75) is 11.8 Å². The van der Waals surface area contributed by atoms with Gasteiger partial charge in [-0.05, 0) is 42.8 Å². The molecule has 0 saturated carbocycles. The molecule has 2 N–H and O–H groups in total. The SMILES string of the molecule is Cc1ccc(NS(=O)(=O)c2ccc3[nH]c(=O)cnc3c2)cc1Cl. The monoisotopic (exact) mass is 349 g/mol. The van der Waals surface area contributed by atoms with E-state index < -0.39 is 10.0 Å². The third-order valence-corrected chi connectivity index (χ3v) is 5.07. The normalized spacial score (nSPS) is 11.6. The lowest BCUT2D eigenvalue weighted by atomic mass is 10.2. The summed E-state index contributed by atoms with van der Waals surface area (Å²) in [5.41, 5.74) is 1.73. The van der Waals surface area contributed by atoms with Crippen molar-refractivity contribution in [1.29, 1.82) is 0 Å². The number of anilines is 1. The van der Waals surface area contributed by atoms with Gasteiger partial charge in [0.05, 0.1) is 27.8 Å². The summed E-state index contributed by atoms with van der Waals surface area (Å²) in [5, 5.41) is 0.475. The van der Waals surface area contributed by atoms with Crippen LogP contribution in [0.5, 0.6) is 0 Å². The fourth-order valence-electron chi connectivity index (χ4n) is 2.05. The van der Waals surface area contributed by atoms with E-state index in [1.807, 2.05) is 6.92 Å². The number of rotatable bonds is 3. The van der Waals surface area contributed by atoms with Gasteiger partial charge in [-0.1, -0.05) is 17.7 Å². The summed E-state index contributed by atoms with van der Waals surface area (Å²) in [6.07, 6.45) is 1.10. The van der Waals surface area contributed by atoms with Crippen LogP contribution in [0.2, 0.25) is 5.02 Å². The van der Waals surface area contributed by atoms with Crippen molar-refractivity contribution in [1.82, 2.24) is 9.97 Å². The first kappa shape index (κ1) is 15.5. The molecule has 0 amide bonds. The number of nitrogens with zero attached hydrogens (tertiary/aromatic N) is 1. The molecular weight excluding hydrogens is 338 g/mol. The minimum Gasteiger partial charge on any atom is -0.319 e. The number of fused-ring (bicyclic) bond motifs is 1. The number of aromatic nitrogens is 2. The smallest absolute Gasteiger partial charge is 0.266 e. The predicted molar refractivity (Wildman–Crippen MR) is 89.4 cm³/mol. The second-order valence-corrected chi connectivity index (χ2v) is 7.09. The molecule has 8 heteroatoms. The van der Waals surface area contributed by atoms with Crippen molar-refractivity contribution in [3.8, 4) is 0 Å². The number of aryl methyl sites for hydroxylation is 1. The molecule has 0 spiro atoms. The Morgan fingerprint density at radius 1 is 1.17 bits per heavy atom. The molecule has 2 aromatic carbocycles. The van der Waals surface area contributed by atoms with Crippen LogP contribution in [0.25, 0.3) is 11.0 Å². The van der Waals surface area contributed by atoms with Crippen molar-refractivity contribution in [2.24, 2.45) is 0 Å². The van der Waals surface area contributed by atoms with E-state index in [2.05, 4.69) is 14.7 Å². The third kappa shape index (κ3) is 3.20. The largest absolute Gasteiger partial charge is 0.319 e. The van der Waals surface area contributed by atoms with Crippen LogP contribution in [0.1, 0.15) is 5.56 Å². The summed E-state index contributed by atoms with van der Waals surface area (Å²) in [4.78, 5) is 17.8. The molecule has 0 fully saturated rings. The standard InChI is InChI=1S/C15H12ClN3O3S/c1-9-2-3-10(6-12(9)16)19-23(21,22)11-4-5-13-14(7-11)17-8-15(20)18-13/h2-8,19H,1H3,(H,18,20). The van der Waals surface area contributed by atoms with Gasteiger partial charge in [0.25, 0.3) is 15.6 Å². The van der Waals surface area contributed by atoms with E-state index in [0.717, 1.165) is 11.8 Å². The molecule has 0 saturated heterocycles. The summed E-state index contributed by atoms with van der Waals surface area (Å²) >= 11 is 6.00. The number of nitrogens with one attached hydrogen (secondary N) is 2. The van der Waals surface area contributed by atoms with Crippen LogP contribution in [-0.4, -0.2) is 18.4 Å². The fraction of sp³-hybridized carbons (Fsp3) is 0.0667. The van der Waals surface area contributed by atoms with Crippen LogP contribution in [-0.2, 0) is 10.0 Å². The average molecular weight is 350 g/mol. The van der Waals surface area contributed by atoms with Gasteiger partial charge in [0, 0.05) is 5.02 Å². The van der Waals surface area contributed by atoms with Gasteiger partial charge in [-0.3, -0.25) is 9.52 Å². The molecule has 0 aliphatic rings. The van der Waals surface area contributed by atoms with Crippen LogP contribution in [0.4, 0.5) is 5.69 Å². The van der Waals surface area contributed by atoms with Gasteiger partial charge in [-0.25, -0.2) is 13.4 Å². The maximum absolute atomic E-state index is 12.5. The first-order valence-corrected chi connectivity index (χ1v) is 8.49. The Hall–Kier alpha value is -2.38. The highest BCUT2D eigenvalue weighted by Gasteiger charge is 2.15. The highest BCUT2D eigenvalue weighted by molar-refractivity contribution is 7.92. The highest BCUT2D eigenvalue weighted by Crippen LogP contribution is 2.23. The van der Waals surface area contributed by atoms with Crippen LogP contribution < -0.4 is 10.3 Å². The van der Waals surface area contributed by atoms with Crippen molar-refractivity contribution in [2.75, 3.05) is 4.72 Å². The first-order valence-electron chi connectivity index (χ1n) is 6.63. The minimum absolute atomic E-state index is 0.0428. The molecule has 0 unspecified atom stereocenters. The van der Waals surface area contributed by atoms with Gasteiger partial charge in [0.1, 0.15) is 0 Å². The Balaban J connectivity index is 2.00. The van der Waals surface area contributed by atoms with Crippen molar-refractivity contribution in [3.63, 3.8) is 0 Å². The Labute approximate surface area is 137 Å². The number of benzene rings is 2. The molecule has 0 aliphatic carbocycles. The zero-order valence-corrected chi connectivity index (χ0v) is 13.6. The van der Waals surface area contributed by atoms with Crippen LogP contribution in [0, 0.1) is 6.92 Å². The molecule has 0 aliphatic heterocycles. The van der Waals surface area contributed by atoms with E-state index in [9.17, 15) is 13.2 Å². The maximum Gasteiger partial charge on any atom is 0.266 e. The zero-order chi connectivity index (χ0) is 16.6. The summed E-state index contributed by atoms with van der Waals surface area (Å²) in [5.74, 6) is 0. The van der Waals surface area contributed by atoms with Gasteiger partial charge < -0.3 is 4.98 Å². The molecule has 6 nitrogen and oxygen atoms in total. The Morgan fingerprint density at radius 2 is 1.96 bits per heavy atom. The predicted octanol–water partition coefficient (Wildman–Crippen LogP) is 2.69. The molecule has 0 radical (unpaired) electrons. The first-order chi connectivity index (χ1) is 10.8. The number of sulfonamides is 1. The summed E-state index contributed by atoms with van der Waals surface area (Å²) < 4.78 is 27.4. The van der Waals surface area contributed by atoms with Crippen molar-refractivity contribution < 1.29 is 8.42 Å². The van der Waals surface area contributed by atoms with Gasteiger partial charge in [0.15, 0.2) is 0 Å². The molecule has 118 valence electrons. The third-order valence-electron chi connectivity index (χ3n) is 3.28. The Morgan fingerprint density at radius 3 is 2.70 bits per heavy atom. The van der Waals surface area contributed by atoms with E-state index >= 15 is 0 Å². The molecule has 0 atom stereocenters. The Kier molecular flexibility index (Phi) is 3.83. The quantitative estimate of drug-likeness (QED) is 0.760. The van der Waals surface area contributed by atoms with Crippen LogP contribution >= 0.6 is 11.6 Å². The summed E-state index contributed by atoms with van der Waals surface area (Å²) in [7, 11) is -3.79. The van der Waals surface area contributed by atoms with Crippen molar-refractivity contribution in [3.05, 3.63) is 63.5 Å². The lowest BCUT2D eigenvalue weighted by molar-refractivity contribution is 0.601. The molecule has 1 aromatic heterocycles. The lowest BCUT2D eigenvalue weighted by Gasteiger charge is -2.09.